The van der Waals surface area contributed by atoms with E-state index in [0.717, 1.165) is 18.7 Å². The van der Waals surface area contributed by atoms with Gasteiger partial charge in [-0.15, -0.1) is 0 Å². The molecule has 1 aromatic rings. The lowest BCUT2D eigenvalue weighted by Gasteiger charge is -2.40. The van der Waals surface area contributed by atoms with Crippen molar-refractivity contribution in [2.24, 2.45) is 11.1 Å². The Morgan fingerprint density at radius 1 is 1.35 bits per heavy atom. The van der Waals surface area contributed by atoms with Crippen LogP contribution in [0.1, 0.15) is 36.5 Å². The number of nitrogens with two attached hydrogens (primary N) is 1. The van der Waals surface area contributed by atoms with Gasteiger partial charge in [-0.1, -0.05) is 6.92 Å². The molecule has 0 spiro atoms. The number of carbonyl (C=O) groups excluding carboxylic acids is 1. The van der Waals surface area contributed by atoms with Gasteiger partial charge in [0.05, 0.1) is 5.41 Å². The van der Waals surface area contributed by atoms with Crippen molar-refractivity contribution in [3.63, 3.8) is 0 Å². The number of hydrogen-bond acceptors (Lipinski definition) is 3. The van der Waals surface area contributed by atoms with Crippen molar-refractivity contribution in [2.75, 3.05) is 18.0 Å². The van der Waals surface area contributed by atoms with Gasteiger partial charge in [-0.3, -0.25) is 9.59 Å². The maximum Gasteiger partial charge on any atom is 0.311 e. The van der Waals surface area contributed by atoms with E-state index in [0.29, 0.717) is 24.9 Å². The van der Waals surface area contributed by atoms with E-state index in [2.05, 4.69) is 4.90 Å². The molecule has 1 aliphatic rings. The molecule has 108 valence electrons. The van der Waals surface area contributed by atoms with E-state index in [4.69, 9.17) is 5.73 Å². The van der Waals surface area contributed by atoms with Crippen molar-refractivity contribution < 1.29 is 14.7 Å². The third-order valence-electron chi connectivity index (χ3n) is 4.22. The quantitative estimate of drug-likeness (QED) is 0.879. The number of carboxylic acid groups (broad SMARTS) is 1. The Balaban J connectivity index is 2.20. The molecule has 0 bridgehead atoms. The van der Waals surface area contributed by atoms with Gasteiger partial charge < -0.3 is 15.7 Å². The number of primary amides is 1. The van der Waals surface area contributed by atoms with Crippen LogP contribution in [-0.4, -0.2) is 30.1 Å². The van der Waals surface area contributed by atoms with Gasteiger partial charge in [0.25, 0.3) is 0 Å². The predicted octanol–water partition coefficient (Wildman–Crippen LogP) is 1.87. The summed E-state index contributed by atoms with van der Waals surface area (Å²) in [5, 5.41) is 9.48. The fraction of sp³-hybridized carbons (Fsp3) is 0.467. The maximum atomic E-state index is 11.5. The van der Waals surface area contributed by atoms with Crippen LogP contribution in [-0.2, 0) is 4.79 Å². The molecule has 1 heterocycles. The lowest BCUT2D eigenvalue weighted by Crippen LogP contribution is -2.47. The average molecular weight is 276 g/mol. The van der Waals surface area contributed by atoms with Crippen molar-refractivity contribution in [1.82, 2.24) is 0 Å². The molecule has 1 atom stereocenters. The van der Waals surface area contributed by atoms with Crippen molar-refractivity contribution in [3.8, 4) is 0 Å². The molecule has 5 nitrogen and oxygen atoms in total. The predicted molar refractivity (Wildman–Crippen MR) is 76.8 cm³/mol. The topological polar surface area (TPSA) is 83.6 Å². The van der Waals surface area contributed by atoms with E-state index < -0.39 is 17.3 Å². The third kappa shape index (κ3) is 2.61. The first-order valence-electron chi connectivity index (χ1n) is 6.87. The van der Waals surface area contributed by atoms with Crippen LogP contribution in [0.15, 0.2) is 24.3 Å². The summed E-state index contributed by atoms with van der Waals surface area (Å²) in [5.41, 5.74) is 5.95. The van der Waals surface area contributed by atoms with Crippen molar-refractivity contribution in [2.45, 2.75) is 26.2 Å². The number of carbonyl (C=O) groups is 2. The van der Waals surface area contributed by atoms with Crippen LogP contribution in [0, 0.1) is 5.41 Å². The number of rotatable bonds is 4. The monoisotopic (exact) mass is 276 g/mol. The molecule has 1 unspecified atom stereocenters. The first kappa shape index (κ1) is 14.4. The first-order valence-corrected chi connectivity index (χ1v) is 6.87. The molecule has 1 aromatic carbocycles. The Labute approximate surface area is 118 Å². The molecule has 0 aromatic heterocycles. The van der Waals surface area contributed by atoms with E-state index in [9.17, 15) is 14.7 Å². The molecular weight excluding hydrogens is 256 g/mol. The molecule has 1 amide bonds. The highest BCUT2D eigenvalue weighted by molar-refractivity contribution is 5.93. The Hall–Kier alpha value is -2.04. The highest BCUT2D eigenvalue weighted by Gasteiger charge is 2.40. The molecule has 20 heavy (non-hydrogen) atoms. The van der Waals surface area contributed by atoms with Crippen molar-refractivity contribution in [3.05, 3.63) is 29.8 Å². The lowest BCUT2D eigenvalue weighted by atomic mass is 9.77. The van der Waals surface area contributed by atoms with E-state index in [1.54, 1.807) is 12.1 Å². The van der Waals surface area contributed by atoms with Crippen LogP contribution in [0.4, 0.5) is 5.69 Å². The Morgan fingerprint density at radius 2 is 2.00 bits per heavy atom. The number of amides is 1. The summed E-state index contributed by atoms with van der Waals surface area (Å²) in [6.45, 7) is 3.27. The summed E-state index contributed by atoms with van der Waals surface area (Å²) in [7, 11) is 0. The molecule has 5 heteroatoms. The molecular formula is C15H20N2O3. The van der Waals surface area contributed by atoms with Crippen LogP contribution >= 0.6 is 0 Å². The van der Waals surface area contributed by atoms with E-state index in [1.165, 1.54) is 0 Å². The van der Waals surface area contributed by atoms with Gasteiger partial charge in [-0.25, -0.2) is 0 Å². The number of piperidine rings is 1. The smallest absolute Gasteiger partial charge is 0.311 e. The van der Waals surface area contributed by atoms with Crippen molar-refractivity contribution >= 4 is 17.6 Å². The molecule has 1 saturated heterocycles. The normalized spacial score (nSPS) is 22.6. The molecule has 1 aliphatic heterocycles. The van der Waals surface area contributed by atoms with Gasteiger partial charge in [-0.05, 0) is 43.5 Å². The molecule has 2 rings (SSSR count). The van der Waals surface area contributed by atoms with Gasteiger partial charge in [-0.2, -0.15) is 0 Å². The molecule has 1 fully saturated rings. The number of hydrogen-bond donors (Lipinski definition) is 2. The van der Waals surface area contributed by atoms with E-state index in [-0.39, 0.29) is 0 Å². The van der Waals surface area contributed by atoms with E-state index >= 15 is 0 Å². The van der Waals surface area contributed by atoms with Gasteiger partial charge >= 0.3 is 5.97 Å². The minimum absolute atomic E-state index is 0.455. The number of anilines is 1. The van der Waals surface area contributed by atoms with Gasteiger partial charge in [0, 0.05) is 24.3 Å². The van der Waals surface area contributed by atoms with Gasteiger partial charge in [0.2, 0.25) is 5.91 Å². The summed E-state index contributed by atoms with van der Waals surface area (Å²) in [6, 6.07) is 7.02. The summed E-state index contributed by atoms with van der Waals surface area (Å²) in [5.74, 6) is -1.18. The number of nitrogens with zero attached hydrogens (tertiary/aromatic N) is 1. The molecule has 0 saturated carbocycles. The van der Waals surface area contributed by atoms with Crippen molar-refractivity contribution in [1.29, 1.82) is 0 Å². The average Bonchev–Trinajstić information content (AvgIpc) is 2.47. The summed E-state index contributed by atoms with van der Waals surface area (Å²) in [4.78, 5) is 24.7. The minimum atomic E-state index is -0.724. The molecule has 0 radical (unpaired) electrons. The summed E-state index contributed by atoms with van der Waals surface area (Å²) in [6.07, 6.45) is 2.20. The number of aliphatic carboxylic acids is 1. The second kappa shape index (κ2) is 5.53. The molecule has 0 aliphatic carbocycles. The van der Waals surface area contributed by atoms with E-state index in [1.807, 2.05) is 19.1 Å². The zero-order valence-corrected chi connectivity index (χ0v) is 11.6. The second-order valence-electron chi connectivity index (χ2n) is 5.38. The summed E-state index contributed by atoms with van der Waals surface area (Å²) < 4.78 is 0. The lowest BCUT2D eigenvalue weighted by molar-refractivity contribution is -0.149. The third-order valence-corrected chi connectivity index (χ3v) is 4.22. The Bertz CT molecular complexity index is 512. The SMILES string of the molecule is CCC1(C(=O)O)CCCN(c2ccc(C(N)=O)cc2)C1. The zero-order valence-electron chi connectivity index (χ0n) is 11.6. The maximum absolute atomic E-state index is 11.5. The number of carboxylic acids is 1. The highest BCUT2D eigenvalue weighted by atomic mass is 16.4. The van der Waals surface area contributed by atoms with Crippen LogP contribution < -0.4 is 10.6 Å². The first-order chi connectivity index (χ1) is 9.48. The van der Waals surface area contributed by atoms with Crippen LogP contribution in [0.3, 0.4) is 0 Å². The van der Waals surface area contributed by atoms with Gasteiger partial charge in [0.1, 0.15) is 0 Å². The van der Waals surface area contributed by atoms with Gasteiger partial charge in [0.15, 0.2) is 0 Å². The Kier molecular flexibility index (Phi) is 3.97. The standard InChI is InChI=1S/C15H20N2O3/c1-2-15(14(19)20)8-3-9-17(10-15)12-6-4-11(5-7-12)13(16)18/h4-7H,2-3,8-10H2,1H3,(H2,16,18)(H,19,20). The fourth-order valence-electron chi connectivity index (χ4n) is 2.80. The Morgan fingerprint density at radius 3 is 2.50 bits per heavy atom. The zero-order chi connectivity index (χ0) is 14.8. The van der Waals surface area contributed by atoms with Crippen LogP contribution in [0.2, 0.25) is 0 Å². The minimum Gasteiger partial charge on any atom is -0.481 e. The number of benzene rings is 1. The highest BCUT2D eigenvalue weighted by Crippen LogP contribution is 2.35. The second-order valence-corrected chi connectivity index (χ2v) is 5.38. The van der Waals surface area contributed by atoms with Crippen LogP contribution in [0.25, 0.3) is 0 Å². The summed E-state index contributed by atoms with van der Waals surface area (Å²) >= 11 is 0. The van der Waals surface area contributed by atoms with Crippen LogP contribution in [0.5, 0.6) is 0 Å². The largest absolute Gasteiger partial charge is 0.481 e. The molecule has 3 N–H and O–H groups in total. The fourth-order valence-corrected chi connectivity index (χ4v) is 2.80.